The van der Waals surface area contributed by atoms with Gasteiger partial charge in [0.05, 0.1) is 0 Å². The predicted molar refractivity (Wildman–Crippen MR) is 71.9 cm³/mol. The van der Waals surface area contributed by atoms with Crippen LogP contribution in [0.25, 0.3) is 0 Å². The first-order chi connectivity index (χ1) is 8.78. The van der Waals surface area contributed by atoms with Crippen molar-refractivity contribution in [3.8, 4) is 5.75 Å². The van der Waals surface area contributed by atoms with Gasteiger partial charge in [-0.25, -0.2) is 4.79 Å². The van der Waals surface area contributed by atoms with Crippen molar-refractivity contribution in [1.82, 2.24) is 5.32 Å². The van der Waals surface area contributed by atoms with Crippen molar-refractivity contribution in [1.29, 1.82) is 0 Å². The van der Waals surface area contributed by atoms with Crippen LogP contribution in [0, 0.1) is 0 Å². The second kappa shape index (κ2) is 6.43. The highest BCUT2D eigenvalue weighted by Gasteiger charge is 2.16. The number of carbonyl (C=O) groups excluding carboxylic acids is 1. The van der Waals surface area contributed by atoms with Crippen LogP contribution in [0.4, 0.5) is 4.79 Å². The van der Waals surface area contributed by atoms with Crippen LogP contribution < -0.4 is 10.1 Å². The molecule has 0 radical (unpaired) electrons. The summed E-state index contributed by atoms with van der Waals surface area (Å²) in [7, 11) is 0. The van der Waals surface area contributed by atoms with Gasteiger partial charge in [-0.3, -0.25) is 0 Å². The van der Waals surface area contributed by atoms with Crippen molar-refractivity contribution in [2.75, 3.05) is 0 Å². The molecule has 0 heterocycles. The maximum atomic E-state index is 11.7. The second-order valence-electron chi connectivity index (χ2n) is 4.87. The SMILES string of the molecule is CCc1ccc(OC(=O)NC2CCCCC2)cc1. The van der Waals surface area contributed by atoms with Gasteiger partial charge in [0.2, 0.25) is 0 Å². The molecular formula is C15H21NO2. The van der Waals surface area contributed by atoms with E-state index in [1.165, 1.54) is 24.8 Å². The Hall–Kier alpha value is -1.51. The standard InChI is InChI=1S/C15H21NO2/c1-2-12-8-10-14(11-9-12)18-15(17)16-13-6-4-3-5-7-13/h8-11,13H,2-7H2,1H3,(H,16,17). The number of nitrogens with one attached hydrogen (secondary N) is 1. The van der Waals surface area contributed by atoms with Gasteiger partial charge in [-0.2, -0.15) is 0 Å². The Kier molecular flexibility index (Phi) is 4.62. The topological polar surface area (TPSA) is 38.3 Å². The van der Waals surface area contributed by atoms with Gasteiger partial charge in [-0.05, 0) is 37.0 Å². The van der Waals surface area contributed by atoms with Crippen LogP contribution in [0.1, 0.15) is 44.6 Å². The first kappa shape index (κ1) is 12.9. The van der Waals surface area contributed by atoms with Crippen LogP contribution >= 0.6 is 0 Å². The molecule has 0 unspecified atom stereocenters. The van der Waals surface area contributed by atoms with E-state index in [1.54, 1.807) is 0 Å². The zero-order chi connectivity index (χ0) is 12.8. The van der Waals surface area contributed by atoms with Crippen molar-refractivity contribution >= 4 is 6.09 Å². The summed E-state index contributed by atoms with van der Waals surface area (Å²) in [4.78, 5) is 11.7. The highest BCUT2D eigenvalue weighted by atomic mass is 16.6. The molecule has 1 aliphatic rings. The van der Waals surface area contributed by atoms with Gasteiger partial charge < -0.3 is 10.1 Å². The Labute approximate surface area is 109 Å². The Morgan fingerprint density at radius 1 is 1.22 bits per heavy atom. The normalized spacial score (nSPS) is 16.3. The molecule has 0 spiro atoms. The minimum Gasteiger partial charge on any atom is -0.410 e. The third-order valence-corrected chi connectivity index (χ3v) is 3.47. The van der Waals surface area contributed by atoms with E-state index in [0.717, 1.165) is 19.3 Å². The molecule has 3 nitrogen and oxygen atoms in total. The molecule has 2 rings (SSSR count). The van der Waals surface area contributed by atoms with Crippen molar-refractivity contribution < 1.29 is 9.53 Å². The number of benzene rings is 1. The summed E-state index contributed by atoms with van der Waals surface area (Å²) in [5, 5.41) is 2.93. The fourth-order valence-electron chi connectivity index (χ4n) is 2.34. The molecule has 1 saturated carbocycles. The molecule has 0 atom stereocenters. The maximum absolute atomic E-state index is 11.7. The quantitative estimate of drug-likeness (QED) is 0.885. The zero-order valence-corrected chi connectivity index (χ0v) is 10.9. The molecule has 0 aliphatic heterocycles. The summed E-state index contributed by atoms with van der Waals surface area (Å²) in [6.07, 6.45) is 6.51. The van der Waals surface area contributed by atoms with Crippen LogP contribution in [-0.2, 0) is 6.42 Å². The fraction of sp³-hybridized carbons (Fsp3) is 0.533. The summed E-state index contributed by atoms with van der Waals surface area (Å²) in [6.45, 7) is 2.10. The van der Waals surface area contributed by atoms with Gasteiger partial charge >= 0.3 is 6.09 Å². The lowest BCUT2D eigenvalue weighted by atomic mass is 9.96. The van der Waals surface area contributed by atoms with Crippen molar-refractivity contribution in [3.63, 3.8) is 0 Å². The Bertz CT molecular complexity index is 380. The number of hydrogen-bond donors (Lipinski definition) is 1. The van der Waals surface area contributed by atoms with Crippen LogP contribution in [0.3, 0.4) is 0 Å². The van der Waals surface area contributed by atoms with Gasteiger partial charge in [-0.1, -0.05) is 38.3 Å². The van der Waals surface area contributed by atoms with Crippen molar-refractivity contribution in [2.45, 2.75) is 51.5 Å². The average molecular weight is 247 g/mol. The van der Waals surface area contributed by atoms with Gasteiger partial charge in [0.15, 0.2) is 0 Å². The van der Waals surface area contributed by atoms with E-state index < -0.39 is 0 Å². The van der Waals surface area contributed by atoms with Crippen LogP contribution in [0.5, 0.6) is 5.75 Å². The number of amides is 1. The number of aryl methyl sites for hydroxylation is 1. The van der Waals surface area contributed by atoms with E-state index in [2.05, 4.69) is 12.2 Å². The maximum Gasteiger partial charge on any atom is 0.412 e. The molecule has 0 bridgehead atoms. The van der Waals surface area contributed by atoms with Crippen LogP contribution in [0.2, 0.25) is 0 Å². The number of hydrogen-bond acceptors (Lipinski definition) is 2. The van der Waals surface area contributed by atoms with E-state index >= 15 is 0 Å². The molecule has 1 aromatic rings. The first-order valence-electron chi connectivity index (χ1n) is 6.85. The van der Waals surface area contributed by atoms with Gasteiger partial charge in [0.25, 0.3) is 0 Å². The molecule has 1 fully saturated rings. The lowest BCUT2D eigenvalue weighted by Crippen LogP contribution is -2.37. The van der Waals surface area contributed by atoms with Crippen LogP contribution in [0.15, 0.2) is 24.3 Å². The molecular weight excluding hydrogens is 226 g/mol. The molecule has 1 aromatic carbocycles. The largest absolute Gasteiger partial charge is 0.412 e. The summed E-state index contributed by atoms with van der Waals surface area (Å²) in [5.74, 6) is 0.612. The minimum absolute atomic E-state index is 0.293. The Balaban J connectivity index is 1.82. The highest BCUT2D eigenvalue weighted by Crippen LogP contribution is 2.18. The summed E-state index contributed by atoms with van der Waals surface area (Å²) >= 11 is 0. The van der Waals surface area contributed by atoms with E-state index in [1.807, 2.05) is 24.3 Å². The molecule has 0 saturated heterocycles. The van der Waals surface area contributed by atoms with E-state index in [-0.39, 0.29) is 6.09 Å². The average Bonchev–Trinajstić information content (AvgIpc) is 2.40. The lowest BCUT2D eigenvalue weighted by Gasteiger charge is -2.22. The van der Waals surface area contributed by atoms with E-state index in [0.29, 0.717) is 11.8 Å². The van der Waals surface area contributed by atoms with Gasteiger partial charge in [0.1, 0.15) is 5.75 Å². The third-order valence-electron chi connectivity index (χ3n) is 3.47. The molecule has 3 heteroatoms. The number of ether oxygens (including phenoxy) is 1. The first-order valence-corrected chi connectivity index (χ1v) is 6.85. The summed E-state index contributed by atoms with van der Waals surface area (Å²) in [5.41, 5.74) is 1.25. The van der Waals surface area contributed by atoms with Crippen molar-refractivity contribution in [3.05, 3.63) is 29.8 Å². The zero-order valence-electron chi connectivity index (χ0n) is 10.9. The van der Waals surface area contributed by atoms with E-state index in [9.17, 15) is 4.79 Å². The Morgan fingerprint density at radius 3 is 2.50 bits per heavy atom. The van der Waals surface area contributed by atoms with Gasteiger partial charge in [0, 0.05) is 6.04 Å². The Morgan fingerprint density at radius 2 is 1.89 bits per heavy atom. The molecule has 98 valence electrons. The molecule has 18 heavy (non-hydrogen) atoms. The van der Waals surface area contributed by atoms with Crippen molar-refractivity contribution in [2.24, 2.45) is 0 Å². The third kappa shape index (κ3) is 3.76. The molecule has 1 aliphatic carbocycles. The van der Waals surface area contributed by atoms with Gasteiger partial charge in [-0.15, -0.1) is 0 Å². The lowest BCUT2D eigenvalue weighted by molar-refractivity contribution is 0.192. The van der Waals surface area contributed by atoms with Crippen LogP contribution in [-0.4, -0.2) is 12.1 Å². The number of rotatable bonds is 3. The highest BCUT2D eigenvalue weighted by molar-refractivity contribution is 5.70. The molecule has 1 N–H and O–H groups in total. The minimum atomic E-state index is -0.328. The molecule has 0 aromatic heterocycles. The predicted octanol–water partition coefficient (Wildman–Crippen LogP) is 3.67. The fourth-order valence-corrected chi connectivity index (χ4v) is 2.34. The monoisotopic (exact) mass is 247 g/mol. The second-order valence-corrected chi connectivity index (χ2v) is 4.87. The smallest absolute Gasteiger partial charge is 0.410 e. The van der Waals surface area contributed by atoms with E-state index in [4.69, 9.17) is 4.74 Å². The summed E-state index contributed by atoms with van der Waals surface area (Å²) < 4.78 is 5.27. The summed E-state index contributed by atoms with van der Waals surface area (Å²) in [6, 6.07) is 7.96. The molecule has 1 amide bonds. The number of carbonyl (C=O) groups is 1.